The van der Waals surface area contributed by atoms with Crippen LogP contribution in [0.2, 0.25) is 0 Å². The van der Waals surface area contributed by atoms with Gasteiger partial charge in [-0.05, 0) is 31.5 Å². The van der Waals surface area contributed by atoms with Crippen molar-refractivity contribution < 1.29 is 9.21 Å². The number of urea groups is 1. The Hall–Kier alpha value is -3.09. The Bertz CT molecular complexity index is 782. The standard InChI is InChI=1S/C17H19N5O2/c1-11(14-9-6-10-24-14)18-17(23)20-15(13-7-4-3-5-8-13)16-19-12(2)21-22-16/h3-11,15H,1-2H3,(H2,18,20,23)(H,19,21,22). The van der Waals surface area contributed by atoms with Gasteiger partial charge in [0.1, 0.15) is 17.6 Å². The summed E-state index contributed by atoms with van der Waals surface area (Å²) in [5.41, 5.74) is 0.900. The van der Waals surface area contributed by atoms with Crippen LogP contribution in [0.3, 0.4) is 0 Å². The maximum Gasteiger partial charge on any atom is 0.316 e. The number of aromatic amines is 1. The Morgan fingerprint density at radius 3 is 2.58 bits per heavy atom. The van der Waals surface area contributed by atoms with E-state index in [2.05, 4.69) is 25.8 Å². The molecule has 3 rings (SSSR count). The van der Waals surface area contributed by atoms with Crippen LogP contribution in [-0.2, 0) is 0 Å². The Balaban J connectivity index is 1.75. The van der Waals surface area contributed by atoms with E-state index in [-0.39, 0.29) is 12.1 Å². The average Bonchev–Trinajstić information content (AvgIpc) is 3.25. The molecule has 2 heterocycles. The molecule has 2 aromatic heterocycles. The third-order valence-electron chi connectivity index (χ3n) is 3.60. The molecule has 124 valence electrons. The molecule has 7 nitrogen and oxygen atoms in total. The van der Waals surface area contributed by atoms with Gasteiger partial charge in [-0.25, -0.2) is 9.78 Å². The molecule has 0 bridgehead atoms. The zero-order chi connectivity index (χ0) is 16.9. The van der Waals surface area contributed by atoms with Crippen molar-refractivity contribution in [1.29, 1.82) is 0 Å². The summed E-state index contributed by atoms with van der Waals surface area (Å²) in [7, 11) is 0. The normalized spacial score (nSPS) is 13.2. The van der Waals surface area contributed by atoms with Crippen molar-refractivity contribution >= 4 is 6.03 Å². The van der Waals surface area contributed by atoms with Gasteiger partial charge in [0.25, 0.3) is 0 Å². The van der Waals surface area contributed by atoms with Gasteiger partial charge < -0.3 is 15.1 Å². The number of rotatable bonds is 5. The van der Waals surface area contributed by atoms with E-state index < -0.39 is 6.04 Å². The predicted molar refractivity (Wildman–Crippen MR) is 88.2 cm³/mol. The minimum atomic E-state index is -0.444. The quantitative estimate of drug-likeness (QED) is 0.672. The van der Waals surface area contributed by atoms with E-state index in [1.165, 1.54) is 0 Å². The van der Waals surface area contributed by atoms with Crippen molar-refractivity contribution in [3.8, 4) is 0 Å². The fourth-order valence-corrected chi connectivity index (χ4v) is 2.41. The molecule has 0 saturated carbocycles. The molecule has 0 aliphatic heterocycles. The van der Waals surface area contributed by atoms with Crippen LogP contribution in [0, 0.1) is 6.92 Å². The molecule has 2 amide bonds. The van der Waals surface area contributed by atoms with E-state index >= 15 is 0 Å². The molecule has 0 fully saturated rings. The van der Waals surface area contributed by atoms with Crippen LogP contribution in [0.1, 0.15) is 42.0 Å². The molecule has 3 N–H and O–H groups in total. The Labute approximate surface area is 139 Å². The van der Waals surface area contributed by atoms with Crippen LogP contribution in [0.4, 0.5) is 4.79 Å². The molecule has 0 radical (unpaired) electrons. The average molecular weight is 325 g/mol. The van der Waals surface area contributed by atoms with E-state index in [0.717, 1.165) is 5.56 Å². The van der Waals surface area contributed by atoms with Crippen LogP contribution < -0.4 is 10.6 Å². The first-order valence-electron chi connectivity index (χ1n) is 7.68. The fourth-order valence-electron chi connectivity index (χ4n) is 2.41. The van der Waals surface area contributed by atoms with Gasteiger partial charge in [-0.1, -0.05) is 30.3 Å². The Kier molecular flexibility index (Phi) is 4.60. The van der Waals surface area contributed by atoms with Gasteiger partial charge in [-0.3, -0.25) is 5.10 Å². The molecule has 1 aromatic carbocycles. The third kappa shape index (κ3) is 3.62. The van der Waals surface area contributed by atoms with Gasteiger partial charge in [0, 0.05) is 0 Å². The van der Waals surface area contributed by atoms with Crippen LogP contribution in [0.5, 0.6) is 0 Å². The van der Waals surface area contributed by atoms with E-state index in [0.29, 0.717) is 17.4 Å². The summed E-state index contributed by atoms with van der Waals surface area (Å²) in [6.07, 6.45) is 1.58. The monoisotopic (exact) mass is 325 g/mol. The molecule has 2 unspecified atom stereocenters. The summed E-state index contributed by atoms with van der Waals surface area (Å²) in [6, 6.07) is 12.2. The highest BCUT2D eigenvalue weighted by Crippen LogP contribution is 2.19. The van der Waals surface area contributed by atoms with E-state index in [9.17, 15) is 4.79 Å². The topological polar surface area (TPSA) is 95.8 Å². The van der Waals surface area contributed by atoms with E-state index in [1.807, 2.05) is 50.2 Å². The highest BCUT2D eigenvalue weighted by Gasteiger charge is 2.22. The number of benzene rings is 1. The molecule has 7 heteroatoms. The lowest BCUT2D eigenvalue weighted by Crippen LogP contribution is -2.39. The largest absolute Gasteiger partial charge is 0.467 e. The zero-order valence-corrected chi connectivity index (χ0v) is 13.5. The van der Waals surface area contributed by atoms with E-state index in [1.54, 1.807) is 12.3 Å². The summed E-state index contributed by atoms with van der Waals surface area (Å²) in [5.74, 6) is 1.90. The van der Waals surface area contributed by atoms with Crippen LogP contribution >= 0.6 is 0 Å². The number of H-pyrrole nitrogens is 1. The van der Waals surface area contributed by atoms with Gasteiger partial charge in [0.2, 0.25) is 0 Å². The summed E-state index contributed by atoms with van der Waals surface area (Å²) >= 11 is 0. The van der Waals surface area contributed by atoms with Crippen LogP contribution in [-0.4, -0.2) is 21.2 Å². The number of aromatic nitrogens is 3. The summed E-state index contributed by atoms with van der Waals surface area (Å²) in [4.78, 5) is 16.7. The molecule has 0 saturated heterocycles. The van der Waals surface area contributed by atoms with Gasteiger partial charge in [-0.15, -0.1) is 0 Å². The Morgan fingerprint density at radius 2 is 1.96 bits per heavy atom. The molecule has 0 aliphatic rings. The van der Waals surface area contributed by atoms with Gasteiger partial charge in [0.15, 0.2) is 5.82 Å². The summed E-state index contributed by atoms with van der Waals surface area (Å²) < 4.78 is 5.30. The molecule has 0 aliphatic carbocycles. The first-order chi connectivity index (χ1) is 11.6. The maximum atomic E-state index is 12.4. The molecule has 24 heavy (non-hydrogen) atoms. The number of hydrogen-bond acceptors (Lipinski definition) is 4. The number of hydrogen-bond donors (Lipinski definition) is 3. The molecule has 3 aromatic rings. The molecule has 2 atom stereocenters. The smallest absolute Gasteiger partial charge is 0.316 e. The Morgan fingerprint density at radius 1 is 1.17 bits per heavy atom. The number of amides is 2. The second kappa shape index (κ2) is 6.99. The number of aryl methyl sites for hydroxylation is 1. The number of carbonyl (C=O) groups is 1. The van der Waals surface area contributed by atoms with Crippen molar-refractivity contribution in [2.45, 2.75) is 25.9 Å². The van der Waals surface area contributed by atoms with Crippen LogP contribution in [0.25, 0.3) is 0 Å². The number of furan rings is 1. The predicted octanol–water partition coefficient (Wildman–Crippen LogP) is 2.86. The minimum absolute atomic E-state index is 0.245. The van der Waals surface area contributed by atoms with Gasteiger partial charge in [-0.2, -0.15) is 5.10 Å². The number of nitrogens with one attached hydrogen (secondary N) is 3. The highest BCUT2D eigenvalue weighted by molar-refractivity contribution is 5.75. The number of carbonyl (C=O) groups excluding carboxylic acids is 1. The maximum absolute atomic E-state index is 12.4. The summed E-state index contributed by atoms with van der Waals surface area (Å²) in [6.45, 7) is 3.67. The highest BCUT2D eigenvalue weighted by atomic mass is 16.3. The second-order valence-corrected chi connectivity index (χ2v) is 5.48. The lowest BCUT2D eigenvalue weighted by Gasteiger charge is -2.18. The lowest BCUT2D eigenvalue weighted by atomic mass is 10.1. The molecule has 0 spiro atoms. The number of nitrogens with zero attached hydrogens (tertiary/aromatic N) is 2. The second-order valence-electron chi connectivity index (χ2n) is 5.48. The van der Waals surface area contributed by atoms with Crippen molar-refractivity contribution in [3.63, 3.8) is 0 Å². The fraction of sp³-hybridized carbons (Fsp3) is 0.235. The van der Waals surface area contributed by atoms with Gasteiger partial charge >= 0.3 is 6.03 Å². The minimum Gasteiger partial charge on any atom is -0.467 e. The molecular formula is C17H19N5O2. The first-order valence-corrected chi connectivity index (χ1v) is 7.68. The van der Waals surface area contributed by atoms with Crippen molar-refractivity contribution in [2.75, 3.05) is 0 Å². The third-order valence-corrected chi connectivity index (χ3v) is 3.60. The van der Waals surface area contributed by atoms with E-state index in [4.69, 9.17) is 4.42 Å². The van der Waals surface area contributed by atoms with Crippen molar-refractivity contribution in [3.05, 3.63) is 71.7 Å². The lowest BCUT2D eigenvalue weighted by molar-refractivity contribution is 0.233. The summed E-state index contributed by atoms with van der Waals surface area (Å²) in [5, 5.41) is 12.8. The van der Waals surface area contributed by atoms with Gasteiger partial charge in [0.05, 0.1) is 12.3 Å². The SMILES string of the molecule is Cc1nc(C(NC(=O)NC(C)c2ccco2)c2ccccc2)n[nH]1. The molecular weight excluding hydrogens is 306 g/mol. The first kappa shape index (κ1) is 15.8. The zero-order valence-electron chi connectivity index (χ0n) is 13.5. The van der Waals surface area contributed by atoms with Crippen molar-refractivity contribution in [2.24, 2.45) is 0 Å². The van der Waals surface area contributed by atoms with Crippen LogP contribution in [0.15, 0.2) is 53.1 Å². The van der Waals surface area contributed by atoms with Crippen molar-refractivity contribution in [1.82, 2.24) is 25.8 Å².